The summed E-state index contributed by atoms with van der Waals surface area (Å²) in [6, 6.07) is 17.4. The number of piperazine rings is 1. The first kappa shape index (κ1) is 19.1. The third-order valence-electron chi connectivity index (χ3n) is 5.09. The van der Waals surface area contributed by atoms with Gasteiger partial charge in [-0.15, -0.1) is 10.2 Å². The molecule has 0 atom stereocenters. The normalized spacial score (nSPS) is 14.7. The van der Waals surface area contributed by atoms with E-state index in [-0.39, 0.29) is 5.91 Å². The zero-order valence-electron chi connectivity index (χ0n) is 16.5. The van der Waals surface area contributed by atoms with E-state index in [9.17, 15) is 4.79 Å². The van der Waals surface area contributed by atoms with Gasteiger partial charge in [0.25, 0.3) is 0 Å². The van der Waals surface area contributed by atoms with Crippen molar-refractivity contribution in [3.63, 3.8) is 0 Å². The van der Waals surface area contributed by atoms with Crippen LogP contribution >= 0.6 is 0 Å². The molecule has 0 unspecified atom stereocenters. The van der Waals surface area contributed by atoms with Gasteiger partial charge >= 0.3 is 0 Å². The van der Waals surface area contributed by atoms with E-state index in [4.69, 9.17) is 9.15 Å². The summed E-state index contributed by atoms with van der Waals surface area (Å²) in [4.78, 5) is 16.7. The molecule has 7 heteroatoms. The van der Waals surface area contributed by atoms with Gasteiger partial charge in [0.05, 0.1) is 20.1 Å². The maximum Gasteiger partial charge on any atom is 0.247 e. The van der Waals surface area contributed by atoms with Crippen LogP contribution in [0, 0.1) is 0 Å². The second kappa shape index (κ2) is 8.87. The molecule has 1 aliphatic rings. The van der Waals surface area contributed by atoms with Crippen molar-refractivity contribution in [2.75, 3.05) is 33.3 Å². The van der Waals surface area contributed by atoms with Gasteiger partial charge in [0.1, 0.15) is 5.75 Å². The fourth-order valence-electron chi connectivity index (χ4n) is 3.39. The molecule has 2 heterocycles. The number of benzene rings is 2. The molecule has 3 aromatic rings. The lowest BCUT2D eigenvalue weighted by Gasteiger charge is -2.34. The number of carbonyl (C=O) groups excluding carboxylic acids is 1. The van der Waals surface area contributed by atoms with Crippen LogP contribution in [0.2, 0.25) is 0 Å². The predicted octanol–water partition coefficient (Wildman–Crippen LogP) is 2.63. The number of hydrogen-bond acceptors (Lipinski definition) is 6. The van der Waals surface area contributed by atoms with Gasteiger partial charge in [0.2, 0.25) is 17.7 Å². The van der Waals surface area contributed by atoms with Gasteiger partial charge in [0.15, 0.2) is 0 Å². The fraction of sp³-hybridized carbons (Fsp3) is 0.318. The number of hydrogen-bond donors (Lipinski definition) is 0. The monoisotopic (exact) mass is 392 g/mol. The van der Waals surface area contributed by atoms with Crippen LogP contribution in [0.5, 0.6) is 5.75 Å². The lowest BCUT2D eigenvalue weighted by Crippen LogP contribution is -2.48. The fourth-order valence-corrected chi connectivity index (χ4v) is 3.39. The molecule has 4 rings (SSSR count). The summed E-state index contributed by atoms with van der Waals surface area (Å²) < 4.78 is 10.9. The third-order valence-corrected chi connectivity index (χ3v) is 5.09. The van der Waals surface area contributed by atoms with E-state index in [0.717, 1.165) is 30.0 Å². The highest BCUT2D eigenvalue weighted by atomic mass is 16.5. The van der Waals surface area contributed by atoms with Crippen molar-refractivity contribution >= 4 is 5.91 Å². The maximum absolute atomic E-state index is 12.6. The molecule has 29 heavy (non-hydrogen) atoms. The molecule has 7 nitrogen and oxygen atoms in total. The summed E-state index contributed by atoms with van der Waals surface area (Å²) in [7, 11) is 1.64. The number of nitrogens with zero attached hydrogens (tertiary/aromatic N) is 4. The van der Waals surface area contributed by atoms with Crippen LogP contribution in [0.4, 0.5) is 0 Å². The lowest BCUT2D eigenvalue weighted by atomic mass is 10.1. The average molecular weight is 392 g/mol. The molecule has 1 amide bonds. The van der Waals surface area contributed by atoms with Gasteiger partial charge in [-0.2, -0.15) is 0 Å². The molecule has 150 valence electrons. The smallest absolute Gasteiger partial charge is 0.247 e. The van der Waals surface area contributed by atoms with Gasteiger partial charge < -0.3 is 14.1 Å². The Hall–Kier alpha value is -3.19. The Bertz CT molecular complexity index is 932. The van der Waals surface area contributed by atoms with E-state index < -0.39 is 0 Å². The minimum Gasteiger partial charge on any atom is -0.497 e. The Labute approximate surface area is 169 Å². The second-order valence-corrected chi connectivity index (χ2v) is 7.05. The third kappa shape index (κ3) is 4.81. The van der Waals surface area contributed by atoms with Gasteiger partial charge in [-0.3, -0.25) is 9.69 Å². The minimum atomic E-state index is 0.152. The van der Waals surface area contributed by atoms with Crippen LogP contribution in [0.3, 0.4) is 0 Å². The van der Waals surface area contributed by atoms with Crippen LogP contribution in [-0.2, 0) is 17.8 Å². The highest BCUT2D eigenvalue weighted by Gasteiger charge is 2.22. The van der Waals surface area contributed by atoms with Crippen LogP contribution in [0.25, 0.3) is 11.5 Å². The summed E-state index contributed by atoms with van der Waals surface area (Å²) in [6.45, 7) is 3.58. The Morgan fingerprint density at radius 1 is 1.00 bits per heavy atom. The van der Waals surface area contributed by atoms with Crippen LogP contribution in [-0.4, -0.2) is 59.2 Å². The molecular weight excluding hydrogens is 368 g/mol. The highest BCUT2D eigenvalue weighted by Crippen LogP contribution is 2.18. The Morgan fingerprint density at radius 3 is 2.41 bits per heavy atom. The summed E-state index contributed by atoms with van der Waals surface area (Å²) in [5.74, 6) is 2.08. The van der Waals surface area contributed by atoms with E-state index in [1.807, 2.05) is 59.5 Å². The summed E-state index contributed by atoms with van der Waals surface area (Å²) in [6.07, 6.45) is 0.411. The Balaban J connectivity index is 1.27. The van der Waals surface area contributed by atoms with E-state index >= 15 is 0 Å². The standard InChI is InChI=1S/C22H24N4O3/c1-28-19-9-7-17(8-10-19)15-21(27)26-13-11-25(12-14-26)16-20-23-24-22(29-20)18-5-3-2-4-6-18/h2-10H,11-16H2,1H3. The van der Waals surface area contributed by atoms with Crippen molar-refractivity contribution in [2.45, 2.75) is 13.0 Å². The van der Waals surface area contributed by atoms with Gasteiger partial charge in [-0.1, -0.05) is 30.3 Å². The molecule has 0 N–H and O–H groups in total. The van der Waals surface area contributed by atoms with E-state index in [1.165, 1.54) is 0 Å². The molecule has 0 saturated carbocycles. The number of methoxy groups -OCH3 is 1. The van der Waals surface area contributed by atoms with Crippen LogP contribution < -0.4 is 4.74 Å². The van der Waals surface area contributed by atoms with Crippen molar-refractivity contribution < 1.29 is 13.9 Å². The second-order valence-electron chi connectivity index (χ2n) is 7.05. The first-order chi connectivity index (χ1) is 14.2. The molecule has 2 aromatic carbocycles. The van der Waals surface area contributed by atoms with Gasteiger partial charge in [-0.25, -0.2) is 0 Å². The quantitative estimate of drug-likeness (QED) is 0.642. The first-order valence-corrected chi connectivity index (χ1v) is 9.72. The number of aromatic nitrogens is 2. The van der Waals surface area contributed by atoms with Gasteiger partial charge in [0, 0.05) is 31.7 Å². The number of amides is 1. The molecule has 0 bridgehead atoms. The number of ether oxygens (including phenoxy) is 1. The van der Waals surface area contributed by atoms with E-state index in [1.54, 1.807) is 7.11 Å². The molecular formula is C22H24N4O3. The van der Waals surface area contributed by atoms with E-state index in [0.29, 0.717) is 37.8 Å². The summed E-state index contributed by atoms with van der Waals surface area (Å²) in [5, 5.41) is 8.30. The molecule has 1 saturated heterocycles. The SMILES string of the molecule is COc1ccc(CC(=O)N2CCN(Cc3nnc(-c4ccccc4)o3)CC2)cc1. The topological polar surface area (TPSA) is 71.7 Å². The average Bonchev–Trinajstić information content (AvgIpc) is 3.24. The molecule has 1 aromatic heterocycles. The summed E-state index contributed by atoms with van der Waals surface area (Å²) >= 11 is 0. The Morgan fingerprint density at radius 2 is 1.72 bits per heavy atom. The molecule has 1 fully saturated rings. The van der Waals surface area contributed by atoms with Crippen molar-refractivity contribution in [2.24, 2.45) is 0 Å². The molecule has 0 spiro atoms. The van der Waals surface area contributed by atoms with E-state index in [2.05, 4.69) is 15.1 Å². The number of carbonyl (C=O) groups is 1. The minimum absolute atomic E-state index is 0.152. The summed E-state index contributed by atoms with van der Waals surface area (Å²) in [5.41, 5.74) is 1.91. The predicted molar refractivity (Wildman–Crippen MR) is 108 cm³/mol. The zero-order valence-corrected chi connectivity index (χ0v) is 16.5. The largest absolute Gasteiger partial charge is 0.497 e. The maximum atomic E-state index is 12.6. The Kier molecular flexibility index (Phi) is 5.86. The van der Waals surface area contributed by atoms with Crippen molar-refractivity contribution in [3.8, 4) is 17.2 Å². The molecule has 1 aliphatic heterocycles. The van der Waals surface area contributed by atoms with Crippen molar-refractivity contribution in [1.82, 2.24) is 20.0 Å². The lowest BCUT2D eigenvalue weighted by molar-refractivity contribution is -0.132. The molecule has 0 aliphatic carbocycles. The highest BCUT2D eigenvalue weighted by molar-refractivity contribution is 5.79. The van der Waals surface area contributed by atoms with Crippen molar-refractivity contribution in [1.29, 1.82) is 0 Å². The van der Waals surface area contributed by atoms with Crippen LogP contribution in [0.15, 0.2) is 59.0 Å². The zero-order chi connectivity index (χ0) is 20.1. The first-order valence-electron chi connectivity index (χ1n) is 9.72. The van der Waals surface area contributed by atoms with Gasteiger partial charge in [-0.05, 0) is 29.8 Å². The van der Waals surface area contributed by atoms with Crippen LogP contribution in [0.1, 0.15) is 11.5 Å². The van der Waals surface area contributed by atoms with Crippen molar-refractivity contribution in [3.05, 3.63) is 66.1 Å². The number of rotatable bonds is 6. The molecule has 0 radical (unpaired) electrons.